The van der Waals surface area contributed by atoms with Crippen LogP contribution in [0.25, 0.3) is 0 Å². The summed E-state index contributed by atoms with van der Waals surface area (Å²) >= 11 is 0. The molecule has 0 aliphatic rings. The normalized spacial score (nSPS) is 10.0. The molecule has 0 aromatic heterocycles. The van der Waals surface area contributed by atoms with Crippen LogP contribution in [0.2, 0.25) is 0 Å². The first-order chi connectivity index (χ1) is 26.5. The minimum absolute atomic E-state index is 0.0422. The van der Waals surface area contributed by atoms with Gasteiger partial charge >= 0.3 is 0 Å². The summed E-state index contributed by atoms with van der Waals surface area (Å²) < 4.78 is 0. The van der Waals surface area contributed by atoms with Gasteiger partial charge in [-0.1, -0.05) is 127 Å². The average Bonchev–Trinajstić information content (AvgIpc) is 3.25. The van der Waals surface area contributed by atoms with E-state index in [0.29, 0.717) is 33.4 Å². The van der Waals surface area contributed by atoms with Crippen molar-refractivity contribution in [3.8, 4) is 35.5 Å². The molecule has 7 aromatic rings. The predicted octanol–water partition coefficient (Wildman–Crippen LogP) is 9.58. The molecular formula is C51H30O3. The van der Waals surface area contributed by atoms with E-state index in [1.807, 2.05) is 109 Å². The van der Waals surface area contributed by atoms with E-state index in [1.165, 1.54) is 0 Å². The highest BCUT2D eigenvalue weighted by Crippen LogP contribution is 2.15. The van der Waals surface area contributed by atoms with Crippen LogP contribution in [0.15, 0.2) is 182 Å². The monoisotopic (exact) mass is 690 g/mol. The zero-order valence-corrected chi connectivity index (χ0v) is 29.0. The predicted molar refractivity (Wildman–Crippen MR) is 213 cm³/mol. The Bertz CT molecular complexity index is 2340. The van der Waals surface area contributed by atoms with Crippen LogP contribution in [0.1, 0.15) is 81.1 Å². The van der Waals surface area contributed by atoms with Crippen LogP contribution in [0, 0.1) is 35.5 Å². The Morgan fingerprint density at radius 1 is 0.241 bits per heavy atom. The third-order valence-electron chi connectivity index (χ3n) is 8.54. The Hall–Kier alpha value is -7.77. The smallest absolute Gasteiger partial charge is 0.193 e. The molecule has 0 spiro atoms. The van der Waals surface area contributed by atoms with Crippen molar-refractivity contribution in [1.82, 2.24) is 0 Å². The van der Waals surface area contributed by atoms with E-state index in [0.717, 1.165) is 33.4 Å². The summed E-state index contributed by atoms with van der Waals surface area (Å²) in [5.74, 6) is 19.2. The van der Waals surface area contributed by atoms with E-state index >= 15 is 0 Å². The molecule has 54 heavy (non-hydrogen) atoms. The van der Waals surface area contributed by atoms with Gasteiger partial charge in [-0.2, -0.15) is 0 Å². The van der Waals surface area contributed by atoms with Crippen molar-refractivity contribution in [1.29, 1.82) is 0 Å². The number of benzene rings is 7. The molecule has 252 valence electrons. The van der Waals surface area contributed by atoms with Gasteiger partial charge in [0, 0.05) is 66.8 Å². The minimum atomic E-state index is -0.0422. The maximum Gasteiger partial charge on any atom is 0.193 e. The summed E-state index contributed by atoms with van der Waals surface area (Å²) in [5.41, 5.74) is 8.15. The zero-order chi connectivity index (χ0) is 37.1. The molecule has 0 bridgehead atoms. The van der Waals surface area contributed by atoms with E-state index in [9.17, 15) is 14.4 Å². The highest BCUT2D eigenvalue weighted by Gasteiger charge is 2.10. The summed E-state index contributed by atoms with van der Waals surface area (Å²) in [5, 5.41) is 0. The van der Waals surface area contributed by atoms with Crippen molar-refractivity contribution in [2.24, 2.45) is 0 Å². The maximum atomic E-state index is 12.9. The molecule has 0 heterocycles. The molecule has 0 fully saturated rings. The molecule has 3 nitrogen and oxygen atoms in total. The molecule has 0 atom stereocenters. The van der Waals surface area contributed by atoms with E-state index in [4.69, 9.17) is 0 Å². The van der Waals surface area contributed by atoms with E-state index in [2.05, 4.69) is 35.5 Å². The van der Waals surface area contributed by atoms with Crippen LogP contribution in [-0.2, 0) is 0 Å². The van der Waals surface area contributed by atoms with Crippen LogP contribution in [0.5, 0.6) is 0 Å². The lowest BCUT2D eigenvalue weighted by molar-refractivity contribution is 0.103. The van der Waals surface area contributed by atoms with Crippen LogP contribution >= 0.6 is 0 Å². The fourth-order valence-corrected chi connectivity index (χ4v) is 5.66. The van der Waals surface area contributed by atoms with Gasteiger partial charge < -0.3 is 0 Å². The van der Waals surface area contributed by atoms with Gasteiger partial charge in [-0.05, 0) is 91.0 Å². The SMILES string of the molecule is O=C(c1ccccc1)c1ccc(C#Cc2cc(C#Cc3ccc(C(=O)c4ccccc4)cc3)cc(C#Cc3ccc(C(=O)c4ccccc4)cc3)c2)cc1. The second-order valence-corrected chi connectivity index (χ2v) is 12.4. The van der Waals surface area contributed by atoms with Crippen molar-refractivity contribution in [2.45, 2.75) is 0 Å². The summed E-state index contributed by atoms with van der Waals surface area (Å²) in [6.45, 7) is 0. The van der Waals surface area contributed by atoms with Crippen molar-refractivity contribution in [3.63, 3.8) is 0 Å². The number of hydrogen-bond acceptors (Lipinski definition) is 3. The molecule has 0 aliphatic heterocycles. The quantitative estimate of drug-likeness (QED) is 0.129. The first-order valence-corrected chi connectivity index (χ1v) is 17.3. The molecular weight excluding hydrogens is 661 g/mol. The third kappa shape index (κ3) is 8.74. The number of rotatable bonds is 6. The topological polar surface area (TPSA) is 51.2 Å². The lowest BCUT2D eigenvalue weighted by Crippen LogP contribution is -2.00. The van der Waals surface area contributed by atoms with Gasteiger partial charge in [0.1, 0.15) is 0 Å². The van der Waals surface area contributed by atoms with Crippen molar-refractivity contribution >= 4 is 17.3 Å². The lowest BCUT2D eigenvalue weighted by Gasteiger charge is -2.02. The number of ketones is 3. The molecule has 0 amide bonds. The molecule has 0 aliphatic carbocycles. The van der Waals surface area contributed by atoms with Gasteiger partial charge in [-0.3, -0.25) is 14.4 Å². The number of carbonyl (C=O) groups is 3. The van der Waals surface area contributed by atoms with Gasteiger partial charge in [-0.15, -0.1) is 0 Å². The van der Waals surface area contributed by atoms with Crippen LogP contribution in [0.3, 0.4) is 0 Å². The Morgan fingerprint density at radius 2 is 0.444 bits per heavy atom. The number of hydrogen-bond donors (Lipinski definition) is 0. The van der Waals surface area contributed by atoms with Crippen molar-refractivity contribution in [2.75, 3.05) is 0 Å². The van der Waals surface area contributed by atoms with E-state index < -0.39 is 0 Å². The Morgan fingerprint density at radius 3 is 0.685 bits per heavy atom. The molecule has 7 rings (SSSR count). The Labute approximate surface area is 315 Å². The van der Waals surface area contributed by atoms with Gasteiger partial charge in [0.05, 0.1) is 0 Å². The van der Waals surface area contributed by atoms with Gasteiger partial charge in [0.25, 0.3) is 0 Å². The first-order valence-electron chi connectivity index (χ1n) is 17.3. The summed E-state index contributed by atoms with van der Waals surface area (Å²) in [4.78, 5) is 38.6. The molecule has 0 unspecified atom stereocenters. The summed E-state index contributed by atoms with van der Waals surface area (Å²) in [6, 6.07) is 55.0. The highest BCUT2D eigenvalue weighted by molar-refractivity contribution is 6.10. The van der Waals surface area contributed by atoms with E-state index in [-0.39, 0.29) is 17.3 Å². The van der Waals surface area contributed by atoms with Crippen molar-refractivity contribution < 1.29 is 14.4 Å². The molecule has 0 N–H and O–H groups in total. The van der Waals surface area contributed by atoms with Gasteiger partial charge in [0.2, 0.25) is 0 Å². The van der Waals surface area contributed by atoms with Gasteiger partial charge in [-0.25, -0.2) is 0 Å². The lowest BCUT2D eigenvalue weighted by atomic mass is 10.0. The fourth-order valence-electron chi connectivity index (χ4n) is 5.66. The summed E-state index contributed by atoms with van der Waals surface area (Å²) in [7, 11) is 0. The standard InChI is InChI=1S/C51H30O3/c52-49(43-10-4-1-5-11-43)46-28-22-37(23-29-46)16-19-40-34-41(20-17-38-24-30-47(31-25-38)50(53)44-12-6-2-7-13-44)36-42(35-40)21-18-39-26-32-48(33-27-39)51(54)45-14-8-3-9-15-45/h1-15,22-36H. The van der Waals surface area contributed by atoms with Gasteiger partial charge in [0.15, 0.2) is 17.3 Å². The molecule has 0 saturated carbocycles. The zero-order valence-electron chi connectivity index (χ0n) is 29.0. The van der Waals surface area contributed by atoms with E-state index in [1.54, 1.807) is 72.8 Å². The second kappa shape index (κ2) is 16.5. The fraction of sp³-hybridized carbons (Fsp3) is 0. The molecule has 0 radical (unpaired) electrons. The third-order valence-corrected chi connectivity index (χ3v) is 8.54. The number of carbonyl (C=O) groups excluding carboxylic acids is 3. The molecule has 7 aromatic carbocycles. The van der Waals surface area contributed by atoms with Crippen molar-refractivity contribution in [3.05, 3.63) is 249 Å². The minimum Gasteiger partial charge on any atom is -0.289 e. The van der Waals surface area contributed by atoms with Crippen LogP contribution in [0.4, 0.5) is 0 Å². The molecule has 3 heteroatoms. The summed E-state index contributed by atoms with van der Waals surface area (Å²) in [6.07, 6.45) is 0. The maximum absolute atomic E-state index is 12.9. The largest absolute Gasteiger partial charge is 0.289 e. The Balaban J connectivity index is 1.15. The second-order valence-electron chi connectivity index (χ2n) is 12.4. The van der Waals surface area contributed by atoms with Crippen LogP contribution < -0.4 is 0 Å². The highest BCUT2D eigenvalue weighted by atomic mass is 16.1. The average molecular weight is 691 g/mol. The van der Waals surface area contributed by atoms with Crippen LogP contribution in [-0.4, -0.2) is 17.3 Å². The Kier molecular flexibility index (Phi) is 10.6. The first kappa shape index (κ1) is 34.7. The molecule has 0 saturated heterocycles.